The summed E-state index contributed by atoms with van der Waals surface area (Å²) in [6.07, 6.45) is 5.37. The van der Waals surface area contributed by atoms with Gasteiger partial charge in [0.15, 0.2) is 5.82 Å². The van der Waals surface area contributed by atoms with Crippen molar-refractivity contribution >= 4 is 12.0 Å². The summed E-state index contributed by atoms with van der Waals surface area (Å²) in [5.74, 6) is -0.880. The fraction of sp³-hybridized carbons (Fsp3) is 0.455. The minimum Gasteiger partial charge on any atom is -0.481 e. The standard InChI is InChI=1S/C11H14N4O4/c16-10(17)7-1-2-8(5-7)14-11(18)12-4-3-9-13-6-19-15-9/h1-2,6-8H,3-5H2,(H,16,17)(H2,12,14,18). The number of urea groups is 1. The average Bonchev–Trinajstić information content (AvgIpc) is 3.00. The van der Waals surface area contributed by atoms with E-state index in [1.807, 2.05) is 0 Å². The highest BCUT2D eigenvalue weighted by molar-refractivity contribution is 5.76. The fourth-order valence-corrected chi connectivity index (χ4v) is 1.80. The lowest BCUT2D eigenvalue weighted by Crippen LogP contribution is -2.41. The summed E-state index contributed by atoms with van der Waals surface area (Å²) in [5.41, 5.74) is 0. The van der Waals surface area contributed by atoms with Crippen molar-refractivity contribution in [3.63, 3.8) is 0 Å². The number of aromatic nitrogens is 2. The lowest BCUT2D eigenvalue weighted by atomic mass is 10.1. The number of carbonyl (C=O) groups is 2. The van der Waals surface area contributed by atoms with Crippen LogP contribution in [-0.2, 0) is 11.2 Å². The van der Waals surface area contributed by atoms with Crippen molar-refractivity contribution < 1.29 is 19.2 Å². The normalized spacial score (nSPS) is 21.3. The van der Waals surface area contributed by atoms with E-state index in [0.717, 1.165) is 0 Å². The highest BCUT2D eigenvalue weighted by atomic mass is 16.5. The van der Waals surface area contributed by atoms with Crippen LogP contribution in [0.15, 0.2) is 23.1 Å². The quantitative estimate of drug-likeness (QED) is 0.643. The molecule has 0 spiro atoms. The van der Waals surface area contributed by atoms with E-state index in [1.165, 1.54) is 6.39 Å². The van der Waals surface area contributed by atoms with Crippen LogP contribution in [0.3, 0.4) is 0 Å². The summed E-state index contributed by atoms with van der Waals surface area (Å²) < 4.78 is 4.56. The van der Waals surface area contributed by atoms with E-state index >= 15 is 0 Å². The van der Waals surface area contributed by atoms with Crippen molar-refractivity contribution in [2.75, 3.05) is 6.54 Å². The number of aliphatic carboxylic acids is 1. The Hall–Kier alpha value is -2.38. The van der Waals surface area contributed by atoms with Crippen LogP contribution in [-0.4, -0.2) is 39.8 Å². The molecule has 0 saturated heterocycles. The molecule has 0 radical (unpaired) electrons. The van der Waals surface area contributed by atoms with Crippen molar-refractivity contribution in [2.45, 2.75) is 18.9 Å². The molecule has 19 heavy (non-hydrogen) atoms. The number of amides is 2. The van der Waals surface area contributed by atoms with Crippen LogP contribution < -0.4 is 10.6 Å². The minimum atomic E-state index is -0.877. The maximum Gasteiger partial charge on any atom is 0.315 e. The lowest BCUT2D eigenvalue weighted by Gasteiger charge is -2.12. The maximum absolute atomic E-state index is 11.5. The molecule has 1 heterocycles. The van der Waals surface area contributed by atoms with Gasteiger partial charge in [0.2, 0.25) is 6.39 Å². The molecule has 1 aromatic heterocycles. The molecule has 2 atom stereocenters. The molecule has 0 fully saturated rings. The maximum atomic E-state index is 11.5. The van der Waals surface area contributed by atoms with Gasteiger partial charge in [-0.2, -0.15) is 4.98 Å². The van der Waals surface area contributed by atoms with E-state index in [9.17, 15) is 9.59 Å². The van der Waals surface area contributed by atoms with Gasteiger partial charge in [-0.3, -0.25) is 4.79 Å². The van der Waals surface area contributed by atoms with Crippen molar-refractivity contribution in [2.24, 2.45) is 5.92 Å². The summed E-state index contributed by atoms with van der Waals surface area (Å²) in [5, 5.41) is 17.7. The number of carboxylic acids is 1. The van der Waals surface area contributed by atoms with Gasteiger partial charge in [0, 0.05) is 13.0 Å². The van der Waals surface area contributed by atoms with Crippen molar-refractivity contribution in [1.82, 2.24) is 20.8 Å². The van der Waals surface area contributed by atoms with Gasteiger partial charge < -0.3 is 20.3 Å². The molecule has 2 unspecified atom stereocenters. The molecule has 0 aliphatic heterocycles. The fourth-order valence-electron chi connectivity index (χ4n) is 1.80. The first-order chi connectivity index (χ1) is 9.15. The average molecular weight is 266 g/mol. The number of hydrogen-bond acceptors (Lipinski definition) is 5. The molecule has 8 heteroatoms. The predicted molar refractivity (Wildman–Crippen MR) is 63.2 cm³/mol. The first-order valence-electron chi connectivity index (χ1n) is 5.86. The molecular weight excluding hydrogens is 252 g/mol. The Morgan fingerprint density at radius 1 is 1.47 bits per heavy atom. The molecule has 2 rings (SSSR count). The number of rotatable bonds is 5. The molecule has 0 saturated carbocycles. The molecule has 8 nitrogen and oxygen atoms in total. The zero-order chi connectivity index (χ0) is 13.7. The van der Waals surface area contributed by atoms with Crippen LogP contribution in [0.2, 0.25) is 0 Å². The Morgan fingerprint density at radius 3 is 2.95 bits per heavy atom. The van der Waals surface area contributed by atoms with E-state index in [0.29, 0.717) is 25.2 Å². The van der Waals surface area contributed by atoms with E-state index < -0.39 is 11.9 Å². The minimum absolute atomic E-state index is 0.244. The summed E-state index contributed by atoms with van der Waals surface area (Å²) in [6, 6.07) is -0.588. The third kappa shape index (κ3) is 3.80. The predicted octanol–water partition coefficient (Wildman–Crippen LogP) is -0.0594. The van der Waals surface area contributed by atoms with Gasteiger partial charge in [-0.25, -0.2) is 4.79 Å². The number of hydrogen-bond donors (Lipinski definition) is 3. The van der Waals surface area contributed by atoms with Gasteiger partial charge in [-0.05, 0) is 6.42 Å². The van der Waals surface area contributed by atoms with Crippen LogP contribution in [0.1, 0.15) is 12.2 Å². The van der Waals surface area contributed by atoms with Gasteiger partial charge in [0.25, 0.3) is 0 Å². The molecule has 3 N–H and O–H groups in total. The summed E-state index contributed by atoms with van der Waals surface area (Å²) in [7, 11) is 0. The van der Waals surface area contributed by atoms with Gasteiger partial charge in [-0.1, -0.05) is 17.3 Å². The lowest BCUT2D eigenvalue weighted by molar-refractivity contribution is -0.140. The Morgan fingerprint density at radius 2 is 2.32 bits per heavy atom. The zero-order valence-electron chi connectivity index (χ0n) is 10.1. The van der Waals surface area contributed by atoms with E-state index in [-0.39, 0.29) is 12.1 Å². The second kappa shape index (κ2) is 5.98. The summed E-state index contributed by atoms with van der Waals surface area (Å²) in [4.78, 5) is 26.1. The van der Waals surface area contributed by atoms with Gasteiger partial charge in [0.05, 0.1) is 12.0 Å². The number of nitrogens with zero attached hydrogens (tertiary/aromatic N) is 2. The van der Waals surface area contributed by atoms with Gasteiger partial charge in [-0.15, -0.1) is 0 Å². The molecule has 1 aliphatic rings. The third-order valence-corrected chi connectivity index (χ3v) is 2.76. The van der Waals surface area contributed by atoms with Crippen LogP contribution in [0, 0.1) is 5.92 Å². The van der Waals surface area contributed by atoms with Crippen molar-refractivity contribution in [1.29, 1.82) is 0 Å². The first kappa shape index (κ1) is 13.1. The monoisotopic (exact) mass is 266 g/mol. The van der Waals surface area contributed by atoms with Crippen LogP contribution in [0.25, 0.3) is 0 Å². The highest BCUT2D eigenvalue weighted by Crippen LogP contribution is 2.17. The van der Waals surface area contributed by atoms with Crippen LogP contribution in [0.5, 0.6) is 0 Å². The Kier molecular flexibility index (Phi) is 4.11. The Bertz CT molecular complexity index is 471. The third-order valence-electron chi connectivity index (χ3n) is 2.76. The van der Waals surface area contributed by atoms with Crippen LogP contribution in [0.4, 0.5) is 4.79 Å². The van der Waals surface area contributed by atoms with Crippen molar-refractivity contribution in [3.8, 4) is 0 Å². The molecular formula is C11H14N4O4. The smallest absolute Gasteiger partial charge is 0.315 e. The van der Waals surface area contributed by atoms with Crippen LogP contribution >= 0.6 is 0 Å². The first-order valence-corrected chi connectivity index (χ1v) is 5.86. The van der Waals surface area contributed by atoms with Gasteiger partial charge >= 0.3 is 12.0 Å². The molecule has 2 amide bonds. The Labute approximate surface area is 108 Å². The van der Waals surface area contributed by atoms with E-state index in [1.54, 1.807) is 12.2 Å². The zero-order valence-corrected chi connectivity index (χ0v) is 10.1. The van der Waals surface area contributed by atoms with E-state index in [2.05, 4.69) is 25.3 Å². The second-order valence-electron chi connectivity index (χ2n) is 4.17. The molecule has 102 valence electrons. The number of carbonyl (C=O) groups excluding carboxylic acids is 1. The SMILES string of the molecule is O=C(NCCc1ncon1)NC1C=CC(C(=O)O)C1. The summed E-state index contributed by atoms with van der Waals surface area (Å²) in [6.45, 7) is 0.379. The molecule has 1 aliphatic carbocycles. The second-order valence-corrected chi connectivity index (χ2v) is 4.17. The Balaban J connectivity index is 1.65. The highest BCUT2D eigenvalue weighted by Gasteiger charge is 2.25. The van der Waals surface area contributed by atoms with Crippen molar-refractivity contribution in [3.05, 3.63) is 24.4 Å². The topological polar surface area (TPSA) is 117 Å². The number of carboxylic acid groups (broad SMARTS) is 1. The van der Waals surface area contributed by atoms with Gasteiger partial charge in [0.1, 0.15) is 0 Å². The molecule has 1 aromatic rings. The number of nitrogens with one attached hydrogen (secondary N) is 2. The molecule has 0 aromatic carbocycles. The summed E-state index contributed by atoms with van der Waals surface area (Å²) >= 11 is 0. The van der Waals surface area contributed by atoms with E-state index in [4.69, 9.17) is 5.11 Å². The molecule has 0 bridgehead atoms. The largest absolute Gasteiger partial charge is 0.481 e.